The summed E-state index contributed by atoms with van der Waals surface area (Å²) in [6, 6.07) is 16.6. The minimum absolute atomic E-state index is 0.129. The van der Waals surface area contributed by atoms with E-state index >= 15 is 0 Å². The zero-order chi connectivity index (χ0) is 25.3. The zero-order valence-corrected chi connectivity index (χ0v) is 20.5. The lowest BCUT2D eigenvalue weighted by Gasteiger charge is -2.10. The van der Waals surface area contributed by atoms with Gasteiger partial charge in [0.05, 0.1) is 10.6 Å². The molecule has 5 aromatic rings. The number of nitrogens with one attached hydrogen (secondary N) is 1. The average Bonchev–Trinajstić information content (AvgIpc) is 3.44. The molecule has 2 aromatic carbocycles. The third-order valence-corrected chi connectivity index (χ3v) is 6.66. The molecule has 5 rings (SSSR count). The zero-order valence-electron chi connectivity index (χ0n) is 19.7. The molecule has 3 aromatic heterocycles. The van der Waals surface area contributed by atoms with Crippen molar-refractivity contribution < 1.29 is 17.6 Å². The van der Waals surface area contributed by atoms with Gasteiger partial charge in [-0.1, -0.05) is 12.1 Å². The highest BCUT2D eigenvalue weighted by molar-refractivity contribution is 7.92. The van der Waals surface area contributed by atoms with Gasteiger partial charge in [-0.15, -0.1) is 0 Å². The summed E-state index contributed by atoms with van der Waals surface area (Å²) < 4.78 is 41.0. The van der Waals surface area contributed by atoms with E-state index in [1.807, 2.05) is 19.9 Å². The second-order valence-electron chi connectivity index (χ2n) is 8.06. The van der Waals surface area contributed by atoms with Gasteiger partial charge in [0.2, 0.25) is 5.88 Å². The molecule has 0 saturated heterocycles. The van der Waals surface area contributed by atoms with Gasteiger partial charge in [-0.2, -0.15) is 5.10 Å². The monoisotopic (exact) mass is 502 g/mol. The van der Waals surface area contributed by atoms with Crippen molar-refractivity contribution in [2.24, 2.45) is 0 Å². The molecule has 0 fully saturated rings. The van der Waals surface area contributed by atoms with E-state index in [9.17, 15) is 8.42 Å². The number of aryl methyl sites for hydroxylation is 3. The van der Waals surface area contributed by atoms with Crippen molar-refractivity contribution in [3.8, 4) is 28.7 Å². The van der Waals surface area contributed by atoms with Crippen LogP contribution >= 0.6 is 0 Å². The van der Waals surface area contributed by atoms with Gasteiger partial charge in [-0.25, -0.2) is 28.1 Å². The normalized spacial score (nSPS) is 11.4. The first-order valence-electron chi connectivity index (χ1n) is 11.0. The molecule has 0 atom stereocenters. The molecule has 11 heteroatoms. The van der Waals surface area contributed by atoms with Crippen molar-refractivity contribution in [3.63, 3.8) is 0 Å². The lowest BCUT2D eigenvalue weighted by Crippen LogP contribution is -2.12. The number of oxazole rings is 1. The average molecular weight is 503 g/mol. The van der Waals surface area contributed by atoms with E-state index in [4.69, 9.17) is 9.15 Å². The van der Waals surface area contributed by atoms with Gasteiger partial charge in [0.1, 0.15) is 24.0 Å². The van der Waals surface area contributed by atoms with Crippen LogP contribution in [0.2, 0.25) is 0 Å². The summed E-state index contributed by atoms with van der Waals surface area (Å²) in [6.07, 6.45) is 2.93. The standard InChI is InChI=1S/C25H22N6O4S/c1-16-12-17(2)31(29-16)24-13-25(27-15-26-24)35-21-8-6-20(7-9-21)30-36(32,33)22-10-4-19(5-11-22)23-14-34-18(3)28-23/h4-15,30H,1-3H3. The van der Waals surface area contributed by atoms with E-state index < -0.39 is 10.0 Å². The molecule has 1 N–H and O–H groups in total. The van der Waals surface area contributed by atoms with Gasteiger partial charge in [0.25, 0.3) is 10.0 Å². The number of aromatic nitrogens is 5. The fourth-order valence-corrected chi connectivity index (χ4v) is 4.65. The van der Waals surface area contributed by atoms with E-state index in [2.05, 4.69) is 24.8 Å². The third kappa shape index (κ3) is 4.96. The first-order chi connectivity index (χ1) is 17.3. The van der Waals surface area contributed by atoms with Gasteiger partial charge in [0.15, 0.2) is 11.7 Å². The van der Waals surface area contributed by atoms with Crippen LogP contribution in [0.25, 0.3) is 17.1 Å². The molecule has 0 aliphatic heterocycles. The van der Waals surface area contributed by atoms with E-state index in [0.717, 1.165) is 17.0 Å². The van der Waals surface area contributed by atoms with Crippen molar-refractivity contribution in [1.29, 1.82) is 0 Å². The van der Waals surface area contributed by atoms with Gasteiger partial charge >= 0.3 is 0 Å². The Morgan fingerprint density at radius 2 is 1.69 bits per heavy atom. The first-order valence-corrected chi connectivity index (χ1v) is 12.4. The minimum atomic E-state index is -3.78. The van der Waals surface area contributed by atoms with Crippen molar-refractivity contribution in [3.05, 3.63) is 90.5 Å². The van der Waals surface area contributed by atoms with Gasteiger partial charge < -0.3 is 9.15 Å². The number of sulfonamides is 1. The van der Waals surface area contributed by atoms with Crippen LogP contribution in [0.4, 0.5) is 5.69 Å². The topological polar surface area (TPSA) is 125 Å². The maximum Gasteiger partial charge on any atom is 0.261 e. The Bertz CT molecular complexity index is 1620. The van der Waals surface area contributed by atoms with E-state index in [-0.39, 0.29) is 4.90 Å². The van der Waals surface area contributed by atoms with Crippen LogP contribution < -0.4 is 9.46 Å². The molecule has 0 radical (unpaired) electrons. The summed E-state index contributed by atoms with van der Waals surface area (Å²) in [6.45, 7) is 5.59. The highest BCUT2D eigenvalue weighted by Gasteiger charge is 2.15. The van der Waals surface area contributed by atoms with Crippen LogP contribution in [0.3, 0.4) is 0 Å². The van der Waals surface area contributed by atoms with Crippen molar-refractivity contribution in [1.82, 2.24) is 24.7 Å². The van der Waals surface area contributed by atoms with E-state index in [0.29, 0.717) is 34.7 Å². The van der Waals surface area contributed by atoms with Crippen LogP contribution in [0.5, 0.6) is 11.6 Å². The molecular formula is C25H22N6O4S. The summed E-state index contributed by atoms with van der Waals surface area (Å²) in [7, 11) is -3.78. The van der Waals surface area contributed by atoms with Crippen LogP contribution in [0.1, 0.15) is 17.3 Å². The largest absolute Gasteiger partial charge is 0.449 e. The van der Waals surface area contributed by atoms with Crippen molar-refractivity contribution in [2.45, 2.75) is 25.7 Å². The summed E-state index contributed by atoms with van der Waals surface area (Å²) in [5, 5.41) is 4.42. The molecule has 36 heavy (non-hydrogen) atoms. The molecule has 0 aliphatic carbocycles. The fourth-order valence-electron chi connectivity index (χ4n) is 3.59. The Morgan fingerprint density at radius 1 is 0.944 bits per heavy atom. The maximum atomic E-state index is 12.8. The number of benzene rings is 2. The number of anilines is 1. The molecule has 0 saturated carbocycles. The number of nitrogens with zero attached hydrogens (tertiary/aromatic N) is 5. The molecule has 3 heterocycles. The smallest absolute Gasteiger partial charge is 0.261 e. The molecule has 182 valence electrons. The van der Waals surface area contributed by atoms with Crippen LogP contribution in [0.15, 0.2) is 82.6 Å². The lowest BCUT2D eigenvalue weighted by atomic mass is 10.2. The molecule has 10 nitrogen and oxygen atoms in total. The lowest BCUT2D eigenvalue weighted by molar-refractivity contribution is 0.460. The molecule has 0 bridgehead atoms. The number of rotatable bonds is 7. The summed E-state index contributed by atoms with van der Waals surface area (Å²) in [5.74, 6) is 1.95. The van der Waals surface area contributed by atoms with Gasteiger partial charge in [-0.05, 0) is 56.3 Å². The van der Waals surface area contributed by atoms with Gasteiger partial charge in [-0.3, -0.25) is 4.72 Å². The predicted molar refractivity (Wildman–Crippen MR) is 133 cm³/mol. The Kier molecular flexibility index (Phi) is 5.98. The molecule has 0 unspecified atom stereocenters. The first kappa shape index (κ1) is 23.2. The number of ether oxygens (including phenoxy) is 1. The summed E-state index contributed by atoms with van der Waals surface area (Å²) >= 11 is 0. The molecule has 0 spiro atoms. The van der Waals surface area contributed by atoms with Crippen LogP contribution in [-0.4, -0.2) is 33.2 Å². The Morgan fingerprint density at radius 3 is 2.33 bits per heavy atom. The summed E-state index contributed by atoms with van der Waals surface area (Å²) in [4.78, 5) is 12.8. The van der Waals surface area contributed by atoms with E-state index in [1.165, 1.54) is 24.7 Å². The highest BCUT2D eigenvalue weighted by atomic mass is 32.2. The van der Waals surface area contributed by atoms with Gasteiger partial charge in [0, 0.05) is 29.9 Å². The quantitative estimate of drug-likeness (QED) is 0.335. The minimum Gasteiger partial charge on any atom is -0.449 e. The number of hydrogen-bond acceptors (Lipinski definition) is 8. The second-order valence-corrected chi connectivity index (χ2v) is 9.74. The number of hydrogen-bond donors (Lipinski definition) is 1. The Labute approximate surface area is 207 Å². The Hall–Kier alpha value is -4.51. The second kappa shape index (κ2) is 9.27. The van der Waals surface area contributed by atoms with Crippen molar-refractivity contribution >= 4 is 15.7 Å². The Balaban J connectivity index is 1.27. The third-order valence-electron chi connectivity index (χ3n) is 5.26. The van der Waals surface area contributed by atoms with Crippen LogP contribution in [-0.2, 0) is 10.0 Å². The SMILES string of the molecule is Cc1cc(C)n(-c2cc(Oc3ccc(NS(=O)(=O)c4ccc(-c5coc(C)n5)cc4)cc3)ncn2)n1. The molecular weight excluding hydrogens is 480 g/mol. The molecule has 0 aliphatic rings. The molecule has 0 amide bonds. The maximum absolute atomic E-state index is 12.8. The fraction of sp³-hybridized carbons (Fsp3) is 0.120. The van der Waals surface area contributed by atoms with Crippen molar-refractivity contribution in [2.75, 3.05) is 4.72 Å². The highest BCUT2D eigenvalue weighted by Crippen LogP contribution is 2.25. The van der Waals surface area contributed by atoms with E-state index in [1.54, 1.807) is 54.1 Å². The van der Waals surface area contributed by atoms with Crippen LogP contribution in [0, 0.1) is 20.8 Å². The summed E-state index contributed by atoms with van der Waals surface area (Å²) in [5.41, 5.74) is 3.62. The predicted octanol–water partition coefficient (Wildman–Crippen LogP) is 4.84.